The predicted molar refractivity (Wildman–Crippen MR) is 88.1 cm³/mol. The van der Waals surface area contributed by atoms with Crippen molar-refractivity contribution in [3.8, 4) is 0 Å². The summed E-state index contributed by atoms with van der Waals surface area (Å²) < 4.78 is 2.25. The Morgan fingerprint density at radius 1 is 0.810 bits per heavy atom. The van der Waals surface area contributed by atoms with Gasteiger partial charge in [0.25, 0.3) is 5.82 Å². The topological polar surface area (TPSA) is 13.6 Å². The molecule has 2 rings (SSSR count). The van der Waals surface area contributed by atoms with Crippen molar-refractivity contribution < 1.29 is 28.5 Å². The molecule has 0 radical (unpaired) electrons. The third kappa shape index (κ3) is 3.33. The van der Waals surface area contributed by atoms with Gasteiger partial charge in [0.05, 0.1) is 32.9 Å². The number of pyridine rings is 1. The molecule has 0 spiro atoms. The maximum absolute atomic E-state index is 2.25. The van der Waals surface area contributed by atoms with Gasteiger partial charge in [0.1, 0.15) is 5.52 Å². The average molecular weight is 400 g/mol. The summed E-state index contributed by atoms with van der Waals surface area (Å²) in [5.74, 6) is 1.19. The van der Waals surface area contributed by atoms with Crippen molar-refractivity contribution in [1.29, 1.82) is 0 Å². The first-order chi connectivity index (χ1) is 9.32. The van der Waals surface area contributed by atoms with Crippen molar-refractivity contribution >= 4 is 28.1 Å². The lowest BCUT2D eigenvalue weighted by molar-refractivity contribution is -0.631. The highest BCUT2D eigenvalue weighted by Crippen LogP contribution is 2.29. The number of anilines is 3. The number of nitrogens with zero attached hydrogens (tertiary/aromatic N) is 4. The Balaban J connectivity index is 0.00000220. The van der Waals surface area contributed by atoms with E-state index in [0.29, 0.717) is 0 Å². The summed E-state index contributed by atoms with van der Waals surface area (Å²) in [5, 5.41) is 1.27. The molecule has 0 unspecified atom stereocenters. The summed E-state index contributed by atoms with van der Waals surface area (Å²) >= 11 is 0. The number of halogens is 1. The van der Waals surface area contributed by atoms with Crippen LogP contribution in [-0.4, -0.2) is 42.3 Å². The fourth-order valence-electron chi connectivity index (χ4n) is 2.51. The van der Waals surface area contributed by atoms with Crippen molar-refractivity contribution in [3.05, 3.63) is 24.3 Å². The molecule has 0 amide bonds. The highest BCUT2D eigenvalue weighted by Gasteiger charge is 2.18. The second-order valence-corrected chi connectivity index (χ2v) is 5.83. The van der Waals surface area contributed by atoms with E-state index in [1.165, 1.54) is 28.1 Å². The Labute approximate surface area is 145 Å². The molecule has 0 fully saturated rings. The molecule has 1 aromatic carbocycles. The molecule has 5 heteroatoms. The standard InChI is InChI=1S/C16H25N4.HI/c1-17(2)12-8-9-13-14(18(3)4)11-16(19(5)6)20(7)15(13)10-12;/h8-11H,1-7H3;1H/q+1;/p-1. The third-order valence-corrected chi connectivity index (χ3v) is 3.68. The quantitative estimate of drug-likeness (QED) is 0.478. The van der Waals surface area contributed by atoms with Crippen molar-refractivity contribution in [2.24, 2.45) is 7.05 Å². The molecule has 0 atom stereocenters. The zero-order chi connectivity index (χ0) is 15.0. The normalized spacial score (nSPS) is 10.2. The van der Waals surface area contributed by atoms with Crippen LogP contribution in [0.3, 0.4) is 0 Å². The molecule has 0 aliphatic heterocycles. The molecule has 0 N–H and O–H groups in total. The number of fused-ring (bicyclic) bond motifs is 1. The lowest BCUT2D eigenvalue weighted by Crippen LogP contribution is -3.00. The first-order valence-corrected chi connectivity index (χ1v) is 6.81. The van der Waals surface area contributed by atoms with Crippen LogP contribution in [0.4, 0.5) is 17.2 Å². The van der Waals surface area contributed by atoms with E-state index >= 15 is 0 Å². The van der Waals surface area contributed by atoms with Crippen LogP contribution in [0, 0.1) is 0 Å². The molecular weight excluding hydrogens is 375 g/mol. The van der Waals surface area contributed by atoms with Crippen LogP contribution in [0.2, 0.25) is 0 Å². The fourth-order valence-corrected chi connectivity index (χ4v) is 2.51. The number of benzene rings is 1. The van der Waals surface area contributed by atoms with Gasteiger partial charge in [-0.3, -0.25) is 4.90 Å². The van der Waals surface area contributed by atoms with E-state index in [1.807, 2.05) is 0 Å². The van der Waals surface area contributed by atoms with Crippen LogP contribution in [0.5, 0.6) is 0 Å². The molecule has 116 valence electrons. The van der Waals surface area contributed by atoms with Crippen LogP contribution in [0.25, 0.3) is 10.9 Å². The monoisotopic (exact) mass is 400 g/mol. The largest absolute Gasteiger partial charge is 1.00 e. The van der Waals surface area contributed by atoms with E-state index in [9.17, 15) is 0 Å². The number of rotatable bonds is 3. The van der Waals surface area contributed by atoms with E-state index < -0.39 is 0 Å². The molecule has 0 aliphatic carbocycles. The molecular formula is C16H25IN4. The molecule has 0 aliphatic rings. The van der Waals surface area contributed by atoms with Crippen LogP contribution in [0.15, 0.2) is 24.3 Å². The van der Waals surface area contributed by atoms with Gasteiger partial charge in [-0.1, -0.05) is 0 Å². The van der Waals surface area contributed by atoms with E-state index in [-0.39, 0.29) is 24.0 Å². The second kappa shape index (κ2) is 6.68. The van der Waals surface area contributed by atoms with Crippen LogP contribution in [0.1, 0.15) is 0 Å². The third-order valence-electron chi connectivity index (χ3n) is 3.68. The molecule has 4 nitrogen and oxygen atoms in total. The highest BCUT2D eigenvalue weighted by molar-refractivity contribution is 5.92. The minimum Gasteiger partial charge on any atom is -1.00 e. The van der Waals surface area contributed by atoms with Gasteiger partial charge in [0.2, 0.25) is 0 Å². The average Bonchev–Trinajstić information content (AvgIpc) is 2.37. The van der Waals surface area contributed by atoms with Gasteiger partial charge in [-0.25, -0.2) is 4.57 Å². The van der Waals surface area contributed by atoms with Gasteiger partial charge in [0, 0.05) is 45.3 Å². The van der Waals surface area contributed by atoms with Gasteiger partial charge in [-0.05, 0) is 12.1 Å². The van der Waals surface area contributed by atoms with Crippen LogP contribution >= 0.6 is 0 Å². The maximum Gasteiger partial charge on any atom is 0.278 e. The summed E-state index contributed by atoms with van der Waals surface area (Å²) in [6.45, 7) is 0. The lowest BCUT2D eigenvalue weighted by atomic mass is 10.1. The van der Waals surface area contributed by atoms with Gasteiger partial charge in [-0.2, -0.15) is 0 Å². The zero-order valence-electron chi connectivity index (χ0n) is 14.0. The number of hydrogen-bond acceptors (Lipinski definition) is 3. The molecule has 0 bridgehead atoms. The van der Waals surface area contributed by atoms with Gasteiger partial charge < -0.3 is 33.8 Å². The maximum atomic E-state index is 2.25. The summed E-state index contributed by atoms with van der Waals surface area (Å²) in [4.78, 5) is 6.45. The number of aryl methyl sites for hydroxylation is 1. The molecule has 0 saturated heterocycles. The molecule has 0 saturated carbocycles. The van der Waals surface area contributed by atoms with Gasteiger partial charge in [0.15, 0.2) is 0 Å². The van der Waals surface area contributed by atoms with Crippen molar-refractivity contribution in [2.75, 3.05) is 57.0 Å². The first kappa shape index (κ1) is 17.8. The molecule has 21 heavy (non-hydrogen) atoms. The molecule has 1 aromatic heterocycles. The lowest BCUT2D eigenvalue weighted by Gasteiger charge is -2.20. The number of hydrogen-bond donors (Lipinski definition) is 0. The van der Waals surface area contributed by atoms with E-state index in [2.05, 4.69) is 92.9 Å². The Morgan fingerprint density at radius 2 is 1.43 bits per heavy atom. The van der Waals surface area contributed by atoms with Crippen LogP contribution in [-0.2, 0) is 7.05 Å². The highest BCUT2D eigenvalue weighted by atomic mass is 127. The molecule has 2 aromatic rings. The predicted octanol–water partition coefficient (Wildman–Crippen LogP) is -1.13. The van der Waals surface area contributed by atoms with E-state index in [4.69, 9.17) is 0 Å². The Kier molecular flexibility index (Phi) is 5.67. The Bertz CT molecular complexity index is 636. The minimum absolute atomic E-state index is 0. The summed E-state index contributed by atoms with van der Waals surface area (Å²) in [6.07, 6.45) is 0. The summed E-state index contributed by atoms with van der Waals surface area (Å²) in [5.41, 5.74) is 3.70. The van der Waals surface area contributed by atoms with Crippen LogP contribution < -0.4 is 43.2 Å². The minimum atomic E-state index is 0. The Morgan fingerprint density at radius 3 is 1.90 bits per heavy atom. The van der Waals surface area contributed by atoms with E-state index in [0.717, 1.165) is 0 Å². The second-order valence-electron chi connectivity index (χ2n) is 5.83. The van der Waals surface area contributed by atoms with Crippen molar-refractivity contribution in [2.45, 2.75) is 0 Å². The van der Waals surface area contributed by atoms with E-state index in [1.54, 1.807) is 0 Å². The SMILES string of the molecule is CN(C)c1ccc2c(N(C)C)cc(N(C)C)[n+](C)c2c1.[I-]. The zero-order valence-corrected chi connectivity index (χ0v) is 16.1. The Hall–Kier alpha value is -1.24. The smallest absolute Gasteiger partial charge is 0.278 e. The first-order valence-electron chi connectivity index (χ1n) is 6.81. The van der Waals surface area contributed by atoms with Crippen molar-refractivity contribution in [1.82, 2.24) is 0 Å². The fraction of sp³-hybridized carbons (Fsp3) is 0.438. The molecule has 1 heterocycles. The summed E-state index contributed by atoms with van der Waals surface area (Å²) in [7, 11) is 14.6. The number of aromatic nitrogens is 1. The summed E-state index contributed by atoms with van der Waals surface area (Å²) in [6, 6.07) is 8.86. The van der Waals surface area contributed by atoms with Crippen molar-refractivity contribution in [3.63, 3.8) is 0 Å². The van der Waals surface area contributed by atoms with Gasteiger partial charge in [-0.15, -0.1) is 0 Å². The van der Waals surface area contributed by atoms with Gasteiger partial charge >= 0.3 is 0 Å².